The molecule has 2 aliphatic heterocycles. The first-order chi connectivity index (χ1) is 9.28. The average molecular weight is 268 g/mol. The van der Waals surface area contributed by atoms with Crippen LogP contribution in [0.5, 0.6) is 0 Å². The van der Waals surface area contributed by atoms with E-state index in [0.717, 1.165) is 13.2 Å². The molecule has 0 aromatic carbocycles. The highest BCUT2D eigenvalue weighted by molar-refractivity contribution is 4.87. The zero-order valence-electron chi connectivity index (χ0n) is 13.0. The average Bonchev–Trinajstić information content (AvgIpc) is 3.03. The quantitative estimate of drug-likeness (QED) is 0.634. The Morgan fingerprint density at radius 1 is 0.842 bits per heavy atom. The van der Waals surface area contributed by atoms with E-state index in [1.165, 1.54) is 64.2 Å². The van der Waals surface area contributed by atoms with Gasteiger partial charge in [-0.1, -0.05) is 26.7 Å². The fraction of sp³-hybridized carbons (Fsp3) is 1.00. The van der Waals surface area contributed by atoms with Crippen molar-refractivity contribution >= 4 is 0 Å². The van der Waals surface area contributed by atoms with Crippen LogP contribution in [0.4, 0.5) is 0 Å². The van der Waals surface area contributed by atoms with Gasteiger partial charge in [0.2, 0.25) is 0 Å². The van der Waals surface area contributed by atoms with Crippen molar-refractivity contribution in [2.24, 2.45) is 5.41 Å². The van der Waals surface area contributed by atoms with Gasteiger partial charge in [0.05, 0.1) is 12.2 Å². The van der Waals surface area contributed by atoms with Crippen molar-refractivity contribution in [3.63, 3.8) is 0 Å². The second kappa shape index (κ2) is 7.64. The van der Waals surface area contributed by atoms with Gasteiger partial charge < -0.3 is 9.47 Å². The highest BCUT2D eigenvalue weighted by atomic mass is 16.5. The molecule has 0 N–H and O–H groups in total. The van der Waals surface area contributed by atoms with Crippen LogP contribution in [0.15, 0.2) is 0 Å². The molecule has 0 aliphatic carbocycles. The summed E-state index contributed by atoms with van der Waals surface area (Å²) in [5.41, 5.74) is 0.480. The van der Waals surface area contributed by atoms with Gasteiger partial charge in [-0.15, -0.1) is 0 Å². The largest absolute Gasteiger partial charge is 0.378 e. The molecule has 2 nitrogen and oxygen atoms in total. The highest BCUT2D eigenvalue weighted by Gasteiger charge is 2.36. The maximum absolute atomic E-state index is 5.92. The molecule has 0 radical (unpaired) electrons. The van der Waals surface area contributed by atoms with Crippen LogP contribution in [0.1, 0.15) is 78.1 Å². The van der Waals surface area contributed by atoms with Gasteiger partial charge in [-0.25, -0.2) is 0 Å². The third kappa shape index (κ3) is 4.46. The molecule has 0 bridgehead atoms. The van der Waals surface area contributed by atoms with Crippen molar-refractivity contribution < 1.29 is 9.47 Å². The summed E-state index contributed by atoms with van der Waals surface area (Å²) in [7, 11) is 0. The fourth-order valence-electron chi connectivity index (χ4n) is 4.25. The van der Waals surface area contributed by atoms with E-state index >= 15 is 0 Å². The fourth-order valence-corrected chi connectivity index (χ4v) is 4.25. The number of hydrogen-bond acceptors (Lipinski definition) is 2. The van der Waals surface area contributed by atoms with Crippen LogP contribution in [0.25, 0.3) is 0 Å². The first kappa shape index (κ1) is 15.3. The van der Waals surface area contributed by atoms with Gasteiger partial charge in [0, 0.05) is 13.2 Å². The zero-order chi connectivity index (χ0) is 13.6. The molecule has 0 aromatic heterocycles. The number of hydrogen-bond donors (Lipinski definition) is 0. The predicted molar refractivity (Wildman–Crippen MR) is 79.4 cm³/mol. The topological polar surface area (TPSA) is 18.5 Å². The van der Waals surface area contributed by atoms with E-state index in [1.54, 1.807) is 0 Å². The van der Waals surface area contributed by atoms with E-state index in [4.69, 9.17) is 9.47 Å². The summed E-state index contributed by atoms with van der Waals surface area (Å²) < 4.78 is 11.8. The van der Waals surface area contributed by atoms with Crippen molar-refractivity contribution in [3.8, 4) is 0 Å². The summed E-state index contributed by atoms with van der Waals surface area (Å²) in [5, 5.41) is 0. The van der Waals surface area contributed by atoms with Crippen LogP contribution < -0.4 is 0 Å². The minimum absolute atomic E-state index is 0.480. The molecular formula is C17H32O2. The molecule has 2 saturated heterocycles. The Morgan fingerprint density at radius 3 is 1.63 bits per heavy atom. The normalized spacial score (nSPS) is 28.1. The maximum Gasteiger partial charge on any atom is 0.0581 e. The van der Waals surface area contributed by atoms with Crippen molar-refractivity contribution in [1.29, 1.82) is 0 Å². The summed E-state index contributed by atoms with van der Waals surface area (Å²) >= 11 is 0. The van der Waals surface area contributed by atoms with Crippen LogP contribution >= 0.6 is 0 Å². The van der Waals surface area contributed by atoms with Crippen LogP contribution in [0.3, 0.4) is 0 Å². The molecule has 2 atom stereocenters. The lowest BCUT2D eigenvalue weighted by atomic mass is 9.70. The molecule has 0 saturated carbocycles. The summed E-state index contributed by atoms with van der Waals surface area (Å²) in [6, 6.07) is 0. The summed E-state index contributed by atoms with van der Waals surface area (Å²) in [4.78, 5) is 0. The van der Waals surface area contributed by atoms with E-state index in [-0.39, 0.29) is 0 Å². The molecule has 0 aromatic rings. The Morgan fingerprint density at radius 2 is 1.32 bits per heavy atom. The Kier molecular flexibility index (Phi) is 6.15. The molecule has 0 spiro atoms. The molecule has 2 heterocycles. The van der Waals surface area contributed by atoms with Crippen LogP contribution in [0.2, 0.25) is 0 Å². The summed E-state index contributed by atoms with van der Waals surface area (Å²) in [6.07, 6.45) is 14.0. The van der Waals surface area contributed by atoms with Crippen molar-refractivity contribution in [2.75, 3.05) is 13.2 Å². The van der Waals surface area contributed by atoms with E-state index in [0.29, 0.717) is 17.6 Å². The van der Waals surface area contributed by atoms with Crippen LogP contribution in [-0.4, -0.2) is 25.4 Å². The van der Waals surface area contributed by atoms with E-state index < -0.39 is 0 Å². The molecule has 2 heteroatoms. The lowest BCUT2D eigenvalue weighted by Gasteiger charge is -2.37. The number of rotatable bonds is 8. The Labute approximate surface area is 119 Å². The summed E-state index contributed by atoms with van der Waals surface area (Å²) in [5.74, 6) is 0. The zero-order valence-corrected chi connectivity index (χ0v) is 13.0. The molecule has 2 aliphatic rings. The molecule has 112 valence electrons. The van der Waals surface area contributed by atoms with Gasteiger partial charge in [0.25, 0.3) is 0 Å². The molecule has 2 unspecified atom stereocenters. The van der Waals surface area contributed by atoms with Crippen molar-refractivity contribution in [2.45, 2.75) is 90.3 Å². The van der Waals surface area contributed by atoms with Crippen LogP contribution in [-0.2, 0) is 9.47 Å². The third-order valence-corrected chi connectivity index (χ3v) is 4.93. The summed E-state index contributed by atoms with van der Waals surface area (Å²) in [6.45, 7) is 6.63. The van der Waals surface area contributed by atoms with Gasteiger partial charge >= 0.3 is 0 Å². The smallest absolute Gasteiger partial charge is 0.0581 e. The first-order valence-corrected chi connectivity index (χ1v) is 8.51. The lowest BCUT2D eigenvalue weighted by molar-refractivity contribution is 0.00978. The molecular weight excluding hydrogens is 236 g/mol. The van der Waals surface area contributed by atoms with E-state index in [9.17, 15) is 0 Å². The Bertz CT molecular complexity index is 214. The molecule has 19 heavy (non-hydrogen) atoms. The first-order valence-electron chi connectivity index (χ1n) is 8.51. The second-order valence-electron chi connectivity index (χ2n) is 6.68. The van der Waals surface area contributed by atoms with Crippen molar-refractivity contribution in [1.82, 2.24) is 0 Å². The minimum Gasteiger partial charge on any atom is -0.378 e. The second-order valence-corrected chi connectivity index (χ2v) is 6.68. The number of ether oxygens (including phenoxy) is 2. The maximum atomic E-state index is 5.92. The minimum atomic E-state index is 0.480. The van der Waals surface area contributed by atoms with Gasteiger partial charge in [-0.2, -0.15) is 0 Å². The third-order valence-electron chi connectivity index (χ3n) is 4.93. The lowest BCUT2D eigenvalue weighted by Crippen LogP contribution is -2.31. The Balaban J connectivity index is 1.98. The van der Waals surface area contributed by atoms with E-state index in [1.807, 2.05) is 0 Å². The van der Waals surface area contributed by atoms with Gasteiger partial charge in [-0.3, -0.25) is 0 Å². The highest BCUT2D eigenvalue weighted by Crippen LogP contribution is 2.43. The van der Waals surface area contributed by atoms with E-state index in [2.05, 4.69) is 13.8 Å². The molecule has 2 fully saturated rings. The SMILES string of the molecule is CCCC(CCC)(CC1CCCO1)CC1CCCO1. The monoisotopic (exact) mass is 268 g/mol. The molecule has 0 amide bonds. The molecule has 2 rings (SSSR count). The Hall–Kier alpha value is -0.0800. The standard InChI is InChI=1S/C17H32O2/c1-3-9-17(10-4-2,13-15-7-5-11-18-15)14-16-8-6-12-19-16/h15-16H,3-14H2,1-2H3. The predicted octanol–water partition coefficient (Wildman–Crippen LogP) is 4.71. The van der Waals surface area contributed by atoms with Crippen LogP contribution in [0, 0.1) is 5.41 Å². The van der Waals surface area contributed by atoms with Gasteiger partial charge in [0.1, 0.15) is 0 Å². The van der Waals surface area contributed by atoms with Gasteiger partial charge in [-0.05, 0) is 56.8 Å². The van der Waals surface area contributed by atoms with Gasteiger partial charge in [0.15, 0.2) is 0 Å². The van der Waals surface area contributed by atoms with Crippen molar-refractivity contribution in [3.05, 3.63) is 0 Å².